The lowest BCUT2D eigenvalue weighted by molar-refractivity contribution is -0.117. The van der Waals surface area contributed by atoms with Gasteiger partial charge in [-0.05, 0) is 85.4 Å². The molecule has 2 aliphatic heterocycles. The summed E-state index contributed by atoms with van der Waals surface area (Å²) < 4.78 is 34.1. The Balaban J connectivity index is 1.58. The fraction of sp³-hybridized carbons (Fsp3) is 0.594. The average molecular weight is 619 g/mol. The van der Waals surface area contributed by atoms with E-state index in [-0.39, 0.29) is 29.8 Å². The van der Waals surface area contributed by atoms with Gasteiger partial charge in [-0.2, -0.15) is 0 Å². The van der Waals surface area contributed by atoms with Crippen LogP contribution < -0.4 is 14.4 Å². The summed E-state index contributed by atoms with van der Waals surface area (Å²) in [7, 11) is -3.83. The number of aliphatic hydroxyl groups excluding tert-OH is 1. The maximum atomic E-state index is 13.1. The molecule has 230 valence electrons. The molecule has 2 bridgehead atoms. The number of nitrogens with one attached hydrogen (secondary N) is 1. The zero-order valence-corrected chi connectivity index (χ0v) is 26.1. The first-order chi connectivity index (χ1) is 20.0. The van der Waals surface area contributed by atoms with Gasteiger partial charge in [0.05, 0.1) is 30.3 Å². The van der Waals surface area contributed by atoms with Gasteiger partial charge in [-0.15, -0.1) is 0 Å². The Morgan fingerprint density at radius 1 is 1.14 bits per heavy atom. The number of amides is 1. The van der Waals surface area contributed by atoms with Crippen LogP contribution in [0.4, 0.5) is 5.69 Å². The van der Waals surface area contributed by atoms with Gasteiger partial charge >= 0.3 is 0 Å². The summed E-state index contributed by atoms with van der Waals surface area (Å²) in [5, 5.41) is 22.6. The molecule has 2 aromatic carbocycles. The second-order valence-electron chi connectivity index (χ2n) is 12.7. The van der Waals surface area contributed by atoms with Gasteiger partial charge in [-0.3, -0.25) is 4.79 Å². The van der Waals surface area contributed by atoms with Gasteiger partial charge in [0, 0.05) is 29.1 Å². The molecule has 1 saturated carbocycles. The van der Waals surface area contributed by atoms with Gasteiger partial charge in [0.25, 0.3) is 5.91 Å². The van der Waals surface area contributed by atoms with E-state index in [4.69, 9.17) is 16.3 Å². The maximum Gasteiger partial charge on any atom is 0.264 e. The molecule has 1 aliphatic carbocycles. The lowest BCUT2D eigenvalue weighted by Crippen LogP contribution is -2.54. The number of carbonyl (C=O) groups is 1. The third-order valence-electron chi connectivity index (χ3n) is 9.49. The van der Waals surface area contributed by atoms with E-state index in [9.17, 15) is 23.4 Å². The van der Waals surface area contributed by atoms with E-state index >= 15 is 0 Å². The van der Waals surface area contributed by atoms with Crippen molar-refractivity contribution in [3.63, 3.8) is 0 Å². The number of rotatable bonds is 4. The summed E-state index contributed by atoms with van der Waals surface area (Å²) >= 11 is 6.41. The first-order valence-corrected chi connectivity index (χ1v) is 17.2. The average Bonchev–Trinajstić information content (AvgIpc) is 3.06. The minimum absolute atomic E-state index is 0.0734. The van der Waals surface area contributed by atoms with Crippen LogP contribution >= 0.6 is 11.6 Å². The Hall–Kier alpha value is -2.33. The highest BCUT2D eigenvalue weighted by molar-refractivity contribution is 7.90. The van der Waals surface area contributed by atoms with Gasteiger partial charge in [0.15, 0.2) is 0 Å². The van der Waals surface area contributed by atoms with Crippen LogP contribution in [0.3, 0.4) is 0 Å². The summed E-state index contributed by atoms with van der Waals surface area (Å²) in [6.45, 7) is 5.60. The minimum Gasteiger partial charge on any atom is -0.490 e. The van der Waals surface area contributed by atoms with Crippen LogP contribution in [-0.2, 0) is 21.9 Å². The molecular formula is C32H43ClN2O6S. The molecule has 0 unspecified atom stereocenters. The molecule has 8 nitrogen and oxygen atoms in total. The van der Waals surface area contributed by atoms with Crippen molar-refractivity contribution in [1.82, 2.24) is 4.72 Å². The Morgan fingerprint density at radius 2 is 1.95 bits per heavy atom. The van der Waals surface area contributed by atoms with Crippen LogP contribution in [0.2, 0.25) is 5.02 Å². The van der Waals surface area contributed by atoms with Gasteiger partial charge in [-0.1, -0.05) is 50.8 Å². The molecule has 3 aliphatic rings. The number of nitrogens with zero attached hydrogens (tertiary/aromatic N) is 1. The molecule has 0 radical (unpaired) electrons. The molecule has 1 amide bonds. The van der Waals surface area contributed by atoms with Crippen LogP contribution in [0.15, 0.2) is 36.4 Å². The number of carbonyl (C=O) groups excluding carboxylic acids is 1. The fourth-order valence-corrected chi connectivity index (χ4v) is 8.36. The standard InChI is InChI=1S/C32H43ClN2O6S/c1-3-7-22-16-25(33)10-12-26(22)31(2)19-35-18-24-8-11-27(24)32(38,20-36)14-5-4-6-15-42(39,40)34-30(37)23-9-13-29(41-21-31)28(35)17-23/h9-10,12-13,16-17,24,27,36,38H,3-8,11,14-15,18-21H2,1-2H3,(H,34,37)/t24-,27+,31-,32-/m0/s1. The number of anilines is 1. The third-order valence-corrected chi connectivity index (χ3v) is 11.0. The van der Waals surface area contributed by atoms with Crippen LogP contribution in [-0.4, -0.2) is 62.2 Å². The van der Waals surface area contributed by atoms with E-state index in [0.717, 1.165) is 36.9 Å². The van der Waals surface area contributed by atoms with E-state index in [2.05, 4.69) is 29.5 Å². The van der Waals surface area contributed by atoms with E-state index in [0.29, 0.717) is 56.2 Å². The molecule has 1 fully saturated rings. The highest BCUT2D eigenvalue weighted by Crippen LogP contribution is 2.47. The second kappa shape index (κ2) is 12.3. The number of halogens is 1. The van der Waals surface area contributed by atoms with Crippen molar-refractivity contribution in [3.05, 3.63) is 58.1 Å². The Bertz CT molecular complexity index is 1420. The van der Waals surface area contributed by atoms with E-state index < -0.39 is 26.9 Å². The van der Waals surface area contributed by atoms with Crippen molar-refractivity contribution in [3.8, 4) is 5.75 Å². The van der Waals surface area contributed by atoms with E-state index in [1.54, 1.807) is 18.2 Å². The molecular weight excluding hydrogens is 576 g/mol. The first-order valence-electron chi connectivity index (χ1n) is 15.2. The highest BCUT2D eigenvalue weighted by atomic mass is 35.5. The molecule has 10 heteroatoms. The van der Waals surface area contributed by atoms with Crippen molar-refractivity contribution in [2.45, 2.75) is 76.2 Å². The van der Waals surface area contributed by atoms with Crippen LogP contribution in [0, 0.1) is 11.8 Å². The van der Waals surface area contributed by atoms with Gasteiger partial charge in [0.1, 0.15) is 5.75 Å². The van der Waals surface area contributed by atoms with Gasteiger partial charge < -0.3 is 19.8 Å². The fourth-order valence-electron chi connectivity index (χ4n) is 7.08. The summed E-state index contributed by atoms with van der Waals surface area (Å²) in [4.78, 5) is 15.4. The predicted molar refractivity (Wildman–Crippen MR) is 165 cm³/mol. The zero-order valence-electron chi connectivity index (χ0n) is 24.6. The number of hydrogen-bond acceptors (Lipinski definition) is 7. The number of aryl methyl sites for hydroxylation is 1. The molecule has 0 spiro atoms. The van der Waals surface area contributed by atoms with E-state index in [1.807, 2.05) is 12.1 Å². The Kier molecular flexibility index (Phi) is 9.14. The largest absolute Gasteiger partial charge is 0.490 e. The number of fused-ring (bicyclic) bond motifs is 2. The molecule has 3 N–H and O–H groups in total. The molecule has 2 aromatic rings. The van der Waals surface area contributed by atoms with Crippen molar-refractivity contribution >= 4 is 33.2 Å². The number of aliphatic hydroxyl groups is 2. The topological polar surface area (TPSA) is 116 Å². The molecule has 4 atom stereocenters. The summed E-state index contributed by atoms with van der Waals surface area (Å²) in [6, 6.07) is 11.1. The normalized spacial score (nSPS) is 29.8. The quantitative estimate of drug-likeness (QED) is 0.449. The van der Waals surface area contributed by atoms with Crippen LogP contribution in [0.25, 0.3) is 0 Å². The lowest BCUT2D eigenvalue weighted by atomic mass is 9.63. The number of ether oxygens (including phenoxy) is 1. The molecule has 5 rings (SSSR count). The molecule has 0 aromatic heterocycles. The van der Waals surface area contributed by atoms with E-state index in [1.165, 1.54) is 5.56 Å². The summed E-state index contributed by atoms with van der Waals surface area (Å²) in [6.07, 6.45) is 5.55. The summed E-state index contributed by atoms with van der Waals surface area (Å²) in [5.41, 5.74) is 1.67. The molecule has 0 saturated heterocycles. The summed E-state index contributed by atoms with van der Waals surface area (Å²) in [5.74, 6) is -0.143. The highest BCUT2D eigenvalue weighted by Gasteiger charge is 2.47. The SMILES string of the molecule is CCCc1cc(Cl)ccc1[C@]1(C)COc2ccc3cc2N(C[C@@H]2CC[C@H]2[C@@](O)(CO)CCCCCS(=O)(=O)NC3=O)C1. The maximum absolute atomic E-state index is 13.1. The number of benzene rings is 2. The minimum atomic E-state index is -3.83. The monoisotopic (exact) mass is 618 g/mol. The zero-order chi connectivity index (χ0) is 30.1. The van der Waals surface area contributed by atoms with Crippen LogP contribution in [0.5, 0.6) is 5.75 Å². The predicted octanol–water partition coefficient (Wildman–Crippen LogP) is 4.83. The van der Waals surface area contributed by atoms with Crippen molar-refractivity contribution < 1.29 is 28.2 Å². The second-order valence-corrected chi connectivity index (χ2v) is 15.0. The van der Waals surface area contributed by atoms with Crippen molar-refractivity contribution in [2.75, 3.05) is 37.0 Å². The van der Waals surface area contributed by atoms with Crippen LogP contribution in [0.1, 0.15) is 80.3 Å². The Morgan fingerprint density at radius 3 is 2.67 bits per heavy atom. The molecule has 42 heavy (non-hydrogen) atoms. The smallest absolute Gasteiger partial charge is 0.264 e. The molecule has 2 heterocycles. The number of hydrogen-bond donors (Lipinski definition) is 3. The van der Waals surface area contributed by atoms with Crippen molar-refractivity contribution in [2.24, 2.45) is 11.8 Å². The Labute approximate surface area is 254 Å². The van der Waals surface area contributed by atoms with Gasteiger partial charge in [-0.25, -0.2) is 13.1 Å². The number of sulfonamides is 1. The van der Waals surface area contributed by atoms with Crippen molar-refractivity contribution in [1.29, 1.82) is 0 Å². The van der Waals surface area contributed by atoms with Gasteiger partial charge in [0.2, 0.25) is 10.0 Å². The lowest BCUT2D eigenvalue weighted by Gasteiger charge is -2.49. The third kappa shape index (κ3) is 6.44. The first kappa shape index (κ1) is 31.1.